The number of carbonyl (C=O) groups excluding carboxylic acids is 1. The summed E-state index contributed by atoms with van der Waals surface area (Å²) in [6.07, 6.45) is 1.74. The average molecular weight is 274 g/mol. The van der Waals surface area contributed by atoms with Crippen molar-refractivity contribution in [2.75, 3.05) is 7.05 Å². The maximum absolute atomic E-state index is 12.3. The van der Waals surface area contributed by atoms with E-state index in [1.165, 1.54) is 0 Å². The van der Waals surface area contributed by atoms with E-state index in [1.807, 2.05) is 36.1 Å². The molecule has 7 heteroatoms. The molecule has 3 heterocycles. The smallest absolute Gasteiger partial charge is 0.245 e. The fraction of sp³-hybridized carbons (Fsp3) is 0.538. The van der Waals surface area contributed by atoms with Crippen LogP contribution in [0, 0.1) is 0 Å². The molecular weight excluding hydrogens is 256 g/mol. The van der Waals surface area contributed by atoms with Gasteiger partial charge >= 0.3 is 0 Å². The van der Waals surface area contributed by atoms with Crippen molar-refractivity contribution in [3.8, 4) is 11.5 Å². The van der Waals surface area contributed by atoms with Gasteiger partial charge in [0.2, 0.25) is 5.91 Å². The SMILES string of the molecule is CCn1nccc1-c1nnc2n1[C@@H](C)C(=O)N(C)[C@H]2C. The van der Waals surface area contributed by atoms with Gasteiger partial charge in [0.25, 0.3) is 0 Å². The normalized spacial score (nSPS) is 22.2. The molecule has 7 nitrogen and oxygen atoms in total. The third-order valence-electron chi connectivity index (χ3n) is 4.01. The zero-order valence-electron chi connectivity index (χ0n) is 12.1. The summed E-state index contributed by atoms with van der Waals surface area (Å²) in [6, 6.07) is 1.54. The molecule has 0 radical (unpaired) electrons. The molecule has 0 aromatic carbocycles. The van der Waals surface area contributed by atoms with Gasteiger partial charge in [-0.1, -0.05) is 0 Å². The predicted molar refractivity (Wildman–Crippen MR) is 72.8 cm³/mol. The van der Waals surface area contributed by atoms with Crippen LogP contribution in [0.2, 0.25) is 0 Å². The highest BCUT2D eigenvalue weighted by molar-refractivity contribution is 5.82. The molecule has 0 saturated carbocycles. The number of aromatic nitrogens is 5. The number of amides is 1. The Bertz CT molecular complexity index is 658. The van der Waals surface area contributed by atoms with Gasteiger partial charge in [-0.15, -0.1) is 10.2 Å². The fourth-order valence-electron chi connectivity index (χ4n) is 2.69. The molecule has 0 N–H and O–H groups in total. The highest BCUT2D eigenvalue weighted by Crippen LogP contribution is 2.33. The van der Waals surface area contributed by atoms with Crippen molar-refractivity contribution >= 4 is 5.91 Å². The van der Waals surface area contributed by atoms with E-state index in [-0.39, 0.29) is 18.0 Å². The maximum atomic E-state index is 12.3. The number of hydrogen-bond donors (Lipinski definition) is 0. The second-order valence-corrected chi connectivity index (χ2v) is 5.09. The van der Waals surface area contributed by atoms with Crippen molar-refractivity contribution in [1.29, 1.82) is 0 Å². The van der Waals surface area contributed by atoms with E-state index >= 15 is 0 Å². The molecular formula is C13H18N6O. The highest BCUT2D eigenvalue weighted by Gasteiger charge is 2.36. The van der Waals surface area contributed by atoms with Gasteiger partial charge in [-0.05, 0) is 26.8 Å². The van der Waals surface area contributed by atoms with E-state index in [0.29, 0.717) is 5.82 Å². The van der Waals surface area contributed by atoms with Gasteiger partial charge in [-0.25, -0.2) is 0 Å². The zero-order chi connectivity index (χ0) is 14.4. The Morgan fingerprint density at radius 3 is 2.70 bits per heavy atom. The van der Waals surface area contributed by atoms with Crippen molar-refractivity contribution < 1.29 is 4.79 Å². The van der Waals surface area contributed by atoms with Crippen LogP contribution in [0.25, 0.3) is 11.5 Å². The average Bonchev–Trinajstić information content (AvgIpc) is 3.07. The fourth-order valence-corrected chi connectivity index (χ4v) is 2.69. The van der Waals surface area contributed by atoms with E-state index < -0.39 is 0 Å². The van der Waals surface area contributed by atoms with E-state index in [0.717, 1.165) is 18.1 Å². The molecule has 0 aliphatic carbocycles. The molecule has 20 heavy (non-hydrogen) atoms. The van der Waals surface area contributed by atoms with Crippen molar-refractivity contribution in [3.05, 3.63) is 18.1 Å². The summed E-state index contributed by atoms with van der Waals surface area (Å²) in [4.78, 5) is 14.0. The zero-order valence-corrected chi connectivity index (χ0v) is 12.1. The van der Waals surface area contributed by atoms with Crippen LogP contribution in [-0.4, -0.2) is 42.4 Å². The molecule has 0 saturated heterocycles. The quantitative estimate of drug-likeness (QED) is 0.826. The number of likely N-dealkylation sites (N-methyl/N-ethyl adjacent to an activating group) is 1. The number of fused-ring (bicyclic) bond motifs is 1. The van der Waals surface area contributed by atoms with Gasteiger partial charge in [0.05, 0.1) is 6.04 Å². The first-order valence-corrected chi connectivity index (χ1v) is 6.79. The molecule has 0 bridgehead atoms. The van der Waals surface area contributed by atoms with Crippen LogP contribution in [0.15, 0.2) is 12.3 Å². The second-order valence-electron chi connectivity index (χ2n) is 5.09. The van der Waals surface area contributed by atoms with Gasteiger partial charge < -0.3 is 4.90 Å². The van der Waals surface area contributed by atoms with Crippen LogP contribution in [0.1, 0.15) is 38.7 Å². The van der Waals surface area contributed by atoms with Gasteiger partial charge in [-0.2, -0.15) is 5.10 Å². The molecule has 2 aromatic heterocycles. The van der Waals surface area contributed by atoms with Crippen molar-refractivity contribution in [2.45, 2.75) is 39.4 Å². The standard InChI is InChI=1S/C13H18N6O/c1-5-18-10(6-7-14-18)12-16-15-11-8(2)17(4)13(20)9(3)19(11)12/h6-9H,5H2,1-4H3/t8-,9-/m0/s1. The summed E-state index contributed by atoms with van der Waals surface area (Å²) in [5.74, 6) is 1.60. The minimum atomic E-state index is -0.295. The lowest BCUT2D eigenvalue weighted by Gasteiger charge is -2.34. The minimum Gasteiger partial charge on any atom is -0.334 e. The molecule has 0 spiro atoms. The summed E-state index contributed by atoms with van der Waals surface area (Å²) in [5.41, 5.74) is 0.891. The van der Waals surface area contributed by atoms with Crippen molar-refractivity contribution in [3.63, 3.8) is 0 Å². The van der Waals surface area contributed by atoms with Gasteiger partial charge in [0.15, 0.2) is 11.6 Å². The second kappa shape index (κ2) is 4.43. The van der Waals surface area contributed by atoms with Gasteiger partial charge in [-0.3, -0.25) is 14.0 Å². The summed E-state index contributed by atoms with van der Waals surface area (Å²) in [5, 5.41) is 12.8. The number of hydrogen-bond acceptors (Lipinski definition) is 4. The molecule has 0 unspecified atom stereocenters. The molecule has 1 amide bonds. The largest absolute Gasteiger partial charge is 0.334 e. The minimum absolute atomic E-state index is 0.0713. The Hall–Kier alpha value is -2.18. The van der Waals surface area contributed by atoms with E-state index in [1.54, 1.807) is 18.1 Å². The Labute approximate surface area is 117 Å². The number of nitrogens with zero attached hydrogens (tertiary/aromatic N) is 6. The number of carbonyl (C=O) groups is 1. The number of aryl methyl sites for hydroxylation is 1. The highest BCUT2D eigenvalue weighted by atomic mass is 16.2. The van der Waals surface area contributed by atoms with Crippen molar-refractivity contribution in [1.82, 2.24) is 29.4 Å². The topological polar surface area (TPSA) is 68.8 Å². The lowest BCUT2D eigenvalue weighted by molar-refractivity contribution is -0.137. The Morgan fingerprint density at radius 2 is 2.00 bits per heavy atom. The predicted octanol–water partition coefficient (Wildman–Crippen LogP) is 1.26. The molecule has 0 fully saturated rings. The third kappa shape index (κ3) is 1.59. The maximum Gasteiger partial charge on any atom is 0.245 e. The Balaban J connectivity index is 2.18. The first-order valence-electron chi connectivity index (χ1n) is 6.79. The van der Waals surface area contributed by atoms with Gasteiger partial charge in [0, 0.05) is 19.8 Å². The first kappa shape index (κ1) is 12.8. The van der Waals surface area contributed by atoms with E-state index in [4.69, 9.17) is 0 Å². The summed E-state index contributed by atoms with van der Waals surface area (Å²) in [7, 11) is 1.80. The van der Waals surface area contributed by atoms with Crippen LogP contribution in [0.4, 0.5) is 0 Å². The molecule has 106 valence electrons. The molecule has 1 aliphatic heterocycles. The summed E-state index contributed by atoms with van der Waals surface area (Å²) >= 11 is 0. The Kier molecular flexibility index (Phi) is 2.84. The summed E-state index contributed by atoms with van der Waals surface area (Å²) in [6.45, 7) is 6.62. The van der Waals surface area contributed by atoms with Crippen LogP contribution in [0.3, 0.4) is 0 Å². The summed E-state index contributed by atoms with van der Waals surface area (Å²) < 4.78 is 3.79. The monoisotopic (exact) mass is 274 g/mol. The van der Waals surface area contributed by atoms with Crippen LogP contribution in [0.5, 0.6) is 0 Å². The molecule has 3 rings (SSSR count). The molecule has 1 aliphatic rings. The lowest BCUT2D eigenvalue weighted by atomic mass is 10.1. The number of rotatable bonds is 2. The van der Waals surface area contributed by atoms with Crippen LogP contribution in [-0.2, 0) is 11.3 Å². The first-order chi connectivity index (χ1) is 9.56. The van der Waals surface area contributed by atoms with Crippen LogP contribution >= 0.6 is 0 Å². The molecule has 2 aromatic rings. The lowest BCUT2D eigenvalue weighted by Crippen LogP contribution is -2.41. The third-order valence-corrected chi connectivity index (χ3v) is 4.01. The Morgan fingerprint density at radius 1 is 1.25 bits per heavy atom. The molecule has 2 atom stereocenters. The van der Waals surface area contributed by atoms with Gasteiger partial charge in [0.1, 0.15) is 11.7 Å². The van der Waals surface area contributed by atoms with Crippen LogP contribution < -0.4 is 0 Å². The van der Waals surface area contributed by atoms with E-state index in [2.05, 4.69) is 15.3 Å². The van der Waals surface area contributed by atoms with Crippen molar-refractivity contribution in [2.24, 2.45) is 0 Å². The van der Waals surface area contributed by atoms with E-state index in [9.17, 15) is 4.79 Å².